The summed E-state index contributed by atoms with van der Waals surface area (Å²) in [6.07, 6.45) is 4.27. The summed E-state index contributed by atoms with van der Waals surface area (Å²) in [5, 5.41) is 8.95. The molecule has 2 heterocycles. The second kappa shape index (κ2) is 7.43. The van der Waals surface area contributed by atoms with Gasteiger partial charge in [0, 0.05) is 12.5 Å². The molecular weight excluding hydrogens is 331 g/mol. The van der Waals surface area contributed by atoms with Crippen molar-refractivity contribution in [2.24, 2.45) is 14.1 Å². The highest BCUT2D eigenvalue weighted by Crippen LogP contribution is 2.38. The van der Waals surface area contributed by atoms with E-state index in [2.05, 4.69) is 101 Å². The third-order valence-electron chi connectivity index (χ3n) is 6.25. The van der Waals surface area contributed by atoms with Gasteiger partial charge in [-0.1, -0.05) is 60.7 Å². The summed E-state index contributed by atoms with van der Waals surface area (Å²) in [4.78, 5) is 2.28. The zero-order chi connectivity index (χ0) is 18.8. The lowest BCUT2D eigenvalue weighted by molar-refractivity contribution is -0.653. The lowest BCUT2D eigenvalue weighted by atomic mass is 9.58. The van der Waals surface area contributed by atoms with Crippen molar-refractivity contribution < 1.29 is 4.57 Å². The monoisotopic (exact) mass is 358 g/mol. The molecule has 0 bridgehead atoms. The van der Waals surface area contributed by atoms with Gasteiger partial charge in [-0.15, -0.1) is 5.82 Å². The summed E-state index contributed by atoms with van der Waals surface area (Å²) < 4.78 is 4.51. The summed E-state index contributed by atoms with van der Waals surface area (Å²) in [6.45, 7) is 1.80. The number of rotatable bonds is 5. The van der Waals surface area contributed by atoms with Crippen LogP contribution in [0.5, 0.6) is 0 Å². The molecule has 2 atom stereocenters. The Bertz CT molecular complexity index is 901. The predicted molar refractivity (Wildman–Crippen MR) is 112 cm³/mol. The molecule has 5 heteroatoms. The number of nitrogens with zero attached hydrogens (tertiary/aromatic N) is 3. The zero-order valence-corrected chi connectivity index (χ0v) is 16.3. The van der Waals surface area contributed by atoms with Gasteiger partial charge in [0.15, 0.2) is 0 Å². The average molecular weight is 358 g/mol. The van der Waals surface area contributed by atoms with Gasteiger partial charge in [0.2, 0.25) is 0 Å². The fraction of sp³-hybridized carbons (Fsp3) is 0.273. The standard InChI is InChI=1S/C22H27BN4/c1-25-13-14-26(2)22(25)23-19-16-27(15-17-9-5-3-6-10-17)21(24)20(19)18-11-7-4-8-12-18/h3-14,19-20,24H,15-16,23H2,1-2H3/t19-,20+/m0/s1. The van der Waals surface area contributed by atoms with Crippen LogP contribution in [0.2, 0.25) is 5.82 Å². The maximum absolute atomic E-state index is 8.95. The predicted octanol–water partition coefficient (Wildman–Crippen LogP) is 1.71. The van der Waals surface area contributed by atoms with Crippen LogP contribution in [0, 0.1) is 5.41 Å². The highest BCUT2D eigenvalue weighted by molar-refractivity contribution is 6.53. The van der Waals surface area contributed by atoms with E-state index in [1.165, 1.54) is 16.9 Å². The van der Waals surface area contributed by atoms with E-state index in [0.717, 1.165) is 18.9 Å². The van der Waals surface area contributed by atoms with Crippen molar-refractivity contribution >= 4 is 18.8 Å². The molecule has 4 rings (SSSR count). The van der Waals surface area contributed by atoms with Gasteiger partial charge in [-0.25, -0.2) is 0 Å². The Labute approximate surface area is 161 Å². The van der Waals surface area contributed by atoms with Crippen molar-refractivity contribution in [2.75, 3.05) is 6.54 Å². The first kappa shape index (κ1) is 17.6. The minimum atomic E-state index is -0.400. The van der Waals surface area contributed by atoms with Crippen LogP contribution >= 0.6 is 0 Å². The summed E-state index contributed by atoms with van der Waals surface area (Å²) in [5.74, 6) is 1.49. The van der Waals surface area contributed by atoms with Crippen LogP contribution in [0.15, 0.2) is 73.1 Å². The molecule has 0 radical (unpaired) electrons. The maximum Gasteiger partial charge on any atom is 0.126 e. The molecule has 1 fully saturated rings. The van der Waals surface area contributed by atoms with Crippen molar-refractivity contribution in [1.82, 2.24) is 9.47 Å². The maximum atomic E-state index is 8.95. The summed E-state index contributed by atoms with van der Waals surface area (Å²) in [6, 6.07) is 21.2. The number of amidine groups is 1. The number of aryl methyl sites for hydroxylation is 2. The second-order valence-electron chi connectivity index (χ2n) is 7.97. The molecule has 0 unspecified atom stereocenters. The second-order valence-corrected chi connectivity index (χ2v) is 7.97. The molecule has 1 aliphatic heterocycles. The first-order valence-electron chi connectivity index (χ1n) is 9.87. The van der Waals surface area contributed by atoms with Gasteiger partial charge in [-0.3, -0.25) is 14.5 Å². The largest absolute Gasteiger partial charge is 0.359 e. The number of benzene rings is 2. The van der Waals surface area contributed by atoms with Crippen LogP contribution in [0.3, 0.4) is 0 Å². The van der Waals surface area contributed by atoms with Crippen molar-refractivity contribution in [2.45, 2.75) is 18.3 Å². The quantitative estimate of drug-likeness (QED) is 0.547. The molecule has 0 saturated carbocycles. The van der Waals surface area contributed by atoms with Crippen LogP contribution < -0.4 is 10.3 Å². The molecule has 1 aromatic heterocycles. The molecule has 1 N–H and O–H groups in total. The van der Waals surface area contributed by atoms with Gasteiger partial charge < -0.3 is 4.90 Å². The Morgan fingerprint density at radius 3 is 2.37 bits per heavy atom. The first-order valence-corrected chi connectivity index (χ1v) is 9.87. The fourth-order valence-electron chi connectivity index (χ4n) is 4.78. The minimum Gasteiger partial charge on any atom is -0.359 e. The number of hydrogen-bond acceptors (Lipinski definition) is 1. The minimum absolute atomic E-state index is 0.199. The van der Waals surface area contributed by atoms with Crippen molar-refractivity contribution in [3.05, 3.63) is 84.2 Å². The van der Waals surface area contributed by atoms with Crippen LogP contribution in [0.1, 0.15) is 17.0 Å². The molecule has 1 aliphatic rings. The number of aromatic nitrogens is 2. The number of nitrogens with one attached hydrogen (secondary N) is 1. The van der Waals surface area contributed by atoms with E-state index < -0.39 is 7.28 Å². The highest BCUT2D eigenvalue weighted by atomic mass is 15.2. The van der Waals surface area contributed by atoms with Gasteiger partial charge in [0.25, 0.3) is 0 Å². The molecule has 0 amide bonds. The molecule has 0 spiro atoms. The highest BCUT2D eigenvalue weighted by Gasteiger charge is 2.36. The van der Waals surface area contributed by atoms with E-state index in [4.69, 9.17) is 5.41 Å². The number of likely N-dealkylation sites (tertiary alicyclic amines) is 1. The SMILES string of the molecule is Cn1cc[n+](C)c1[BH2-][C@H]1CN(Cc2ccccc2)C(=N)[C@@H]1c1ccccc1. The fourth-order valence-corrected chi connectivity index (χ4v) is 4.78. The van der Waals surface area contributed by atoms with Gasteiger partial charge in [0.05, 0.1) is 27.1 Å². The van der Waals surface area contributed by atoms with Crippen LogP contribution in [0.25, 0.3) is 0 Å². The molecule has 2 aromatic carbocycles. The van der Waals surface area contributed by atoms with Gasteiger partial charge in [0.1, 0.15) is 18.2 Å². The Morgan fingerprint density at radius 2 is 1.74 bits per heavy atom. The van der Waals surface area contributed by atoms with Crippen LogP contribution in [0.4, 0.5) is 0 Å². The van der Waals surface area contributed by atoms with E-state index in [1.54, 1.807) is 0 Å². The first-order chi connectivity index (χ1) is 13.1. The Hall–Kier alpha value is -2.82. The number of hydrogen-bond donors (Lipinski definition) is 1. The van der Waals surface area contributed by atoms with Crippen molar-refractivity contribution in [3.63, 3.8) is 0 Å². The van der Waals surface area contributed by atoms with Crippen molar-refractivity contribution in [1.29, 1.82) is 5.41 Å². The summed E-state index contributed by atoms with van der Waals surface area (Å²) in [5.41, 5.74) is 3.98. The van der Waals surface area contributed by atoms with Gasteiger partial charge in [-0.05, 0) is 17.7 Å². The van der Waals surface area contributed by atoms with E-state index >= 15 is 0 Å². The van der Waals surface area contributed by atoms with Gasteiger partial charge >= 0.3 is 0 Å². The average Bonchev–Trinajstić information content (AvgIpc) is 3.17. The van der Waals surface area contributed by atoms with Crippen LogP contribution in [-0.2, 0) is 20.6 Å². The van der Waals surface area contributed by atoms with E-state index in [9.17, 15) is 0 Å². The number of imidazole rings is 1. The lowest BCUT2D eigenvalue weighted by Gasteiger charge is -2.22. The topological polar surface area (TPSA) is 35.9 Å². The third-order valence-corrected chi connectivity index (χ3v) is 6.25. The smallest absolute Gasteiger partial charge is 0.126 e. The molecular formula is C22H27BN4. The molecule has 1 saturated heterocycles. The summed E-state index contributed by atoms with van der Waals surface area (Å²) in [7, 11) is 3.87. The van der Waals surface area contributed by atoms with Crippen molar-refractivity contribution in [3.8, 4) is 0 Å². The Morgan fingerprint density at radius 1 is 1.07 bits per heavy atom. The molecule has 0 aliphatic carbocycles. The molecule has 138 valence electrons. The van der Waals surface area contributed by atoms with Crippen LogP contribution in [-0.4, -0.2) is 29.1 Å². The Balaban J connectivity index is 1.63. The third kappa shape index (κ3) is 3.54. The summed E-state index contributed by atoms with van der Waals surface area (Å²) >= 11 is 0. The molecule has 4 nitrogen and oxygen atoms in total. The van der Waals surface area contributed by atoms with E-state index in [-0.39, 0.29) is 5.92 Å². The van der Waals surface area contributed by atoms with Gasteiger partial charge in [-0.2, -0.15) is 0 Å². The normalized spacial score (nSPS) is 19.6. The zero-order valence-electron chi connectivity index (χ0n) is 16.3. The van der Waals surface area contributed by atoms with E-state index in [1.807, 2.05) is 0 Å². The Kier molecular flexibility index (Phi) is 4.84. The molecule has 27 heavy (non-hydrogen) atoms. The van der Waals surface area contributed by atoms with E-state index in [0.29, 0.717) is 5.82 Å². The molecule has 3 aromatic rings. The lowest BCUT2D eigenvalue weighted by Crippen LogP contribution is -2.51.